The first-order valence-electron chi connectivity index (χ1n) is 3.71. The monoisotopic (exact) mass is 252 g/mol. The molecule has 1 heterocycles. The molecular formula is C7H3ClF2N2O4. The van der Waals surface area contributed by atoms with Crippen LogP contribution < -0.4 is 0 Å². The molecule has 0 aromatic carbocycles. The molecule has 0 saturated carbocycles. The summed E-state index contributed by atoms with van der Waals surface area (Å²) < 4.78 is 24.8. The first-order valence-corrected chi connectivity index (χ1v) is 4.08. The van der Waals surface area contributed by atoms with Crippen LogP contribution >= 0.6 is 11.6 Å². The van der Waals surface area contributed by atoms with Gasteiger partial charge in [-0.3, -0.25) is 10.1 Å². The minimum absolute atomic E-state index is 0.406. The molecule has 0 aliphatic carbocycles. The fourth-order valence-corrected chi connectivity index (χ4v) is 1.17. The van der Waals surface area contributed by atoms with E-state index in [9.17, 15) is 23.7 Å². The van der Waals surface area contributed by atoms with Crippen molar-refractivity contribution in [3.8, 4) is 0 Å². The summed E-state index contributed by atoms with van der Waals surface area (Å²) in [4.78, 5) is 22.9. The van der Waals surface area contributed by atoms with Gasteiger partial charge in [-0.15, -0.1) is 0 Å². The van der Waals surface area contributed by atoms with E-state index in [1.807, 2.05) is 0 Å². The first kappa shape index (κ1) is 12.2. The van der Waals surface area contributed by atoms with Gasteiger partial charge in [0.15, 0.2) is 5.69 Å². The van der Waals surface area contributed by atoms with E-state index in [2.05, 4.69) is 4.98 Å². The minimum atomic E-state index is -3.19. The third-order valence-corrected chi connectivity index (χ3v) is 1.90. The Kier molecular flexibility index (Phi) is 3.33. The molecule has 0 bridgehead atoms. The second-order valence-electron chi connectivity index (χ2n) is 2.60. The maximum atomic E-state index is 12.4. The number of nitrogens with zero attached hydrogens (tertiary/aromatic N) is 2. The number of hydrogen-bond donors (Lipinski definition) is 1. The van der Waals surface area contributed by atoms with Crippen LogP contribution in [-0.4, -0.2) is 21.0 Å². The summed E-state index contributed by atoms with van der Waals surface area (Å²) in [5, 5.41) is 18.2. The Labute approximate surface area is 91.6 Å². The molecule has 86 valence electrons. The van der Waals surface area contributed by atoms with Crippen LogP contribution in [0.4, 0.5) is 14.5 Å². The summed E-state index contributed by atoms with van der Waals surface area (Å²) in [6.07, 6.45) is -3.19. The first-order chi connectivity index (χ1) is 7.34. The molecule has 9 heteroatoms. The number of hydrogen-bond acceptors (Lipinski definition) is 4. The summed E-state index contributed by atoms with van der Waals surface area (Å²) in [6, 6.07) is 0.406. The molecule has 0 aliphatic rings. The summed E-state index contributed by atoms with van der Waals surface area (Å²) in [5.74, 6) is -1.73. The third-order valence-electron chi connectivity index (χ3n) is 1.62. The van der Waals surface area contributed by atoms with Gasteiger partial charge < -0.3 is 5.11 Å². The predicted molar refractivity (Wildman–Crippen MR) is 47.8 cm³/mol. The van der Waals surface area contributed by atoms with Crippen LogP contribution in [0.2, 0.25) is 5.15 Å². The predicted octanol–water partition coefficient (Wildman–Crippen LogP) is 2.28. The number of carbonyl (C=O) groups is 1. The number of aromatic nitrogens is 1. The fourth-order valence-electron chi connectivity index (χ4n) is 0.961. The molecule has 0 aliphatic heterocycles. The number of pyridine rings is 1. The Morgan fingerprint density at radius 1 is 1.62 bits per heavy atom. The Balaban J connectivity index is 3.49. The Morgan fingerprint density at radius 2 is 2.19 bits per heavy atom. The van der Waals surface area contributed by atoms with Gasteiger partial charge in [-0.05, 0) is 0 Å². The van der Waals surface area contributed by atoms with Crippen molar-refractivity contribution in [1.82, 2.24) is 4.98 Å². The van der Waals surface area contributed by atoms with Crippen molar-refractivity contribution in [1.29, 1.82) is 0 Å². The quantitative estimate of drug-likeness (QED) is 0.506. The lowest BCUT2D eigenvalue weighted by atomic mass is 10.2. The highest BCUT2D eigenvalue weighted by Gasteiger charge is 2.26. The fraction of sp³-hybridized carbons (Fsp3) is 0.143. The SMILES string of the molecule is O=C(O)c1nc(Cl)c([N+](=O)[O-])cc1C(F)F. The van der Waals surface area contributed by atoms with Gasteiger partial charge in [0.1, 0.15) is 0 Å². The molecule has 0 unspecified atom stereocenters. The molecule has 0 saturated heterocycles. The molecule has 0 amide bonds. The van der Waals surface area contributed by atoms with Crippen LogP contribution in [0.3, 0.4) is 0 Å². The van der Waals surface area contributed by atoms with Crippen LogP contribution in [-0.2, 0) is 0 Å². The van der Waals surface area contributed by atoms with Crippen molar-refractivity contribution in [3.05, 3.63) is 32.6 Å². The van der Waals surface area contributed by atoms with E-state index in [4.69, 9.17) is 16.7 Å². The highest BCUT2D eigenvalue weighted by atomic mass is 35.5. The molecule has 1 aromatic heterocycles. The molecule has 0 fully saturated rings. The number of halogens is 3. The highest BCUT2D eigenvalue weighted by molar-refractivity contribution is 6.31. The smallest absolute Gasteiger partial charge is 0.355 e. The summed E-state index contributed by atoms with van der Waals surface area (Å²) in [7, 11) is 0. The number of alkyl halides is 2. The zero-order chi connectivity index (χ0) is 12.5. The van der Waals surface area contributed by atoms with Gasteiger partial charge in [0.2, 0.25) is 5.15 Å². The maximum Gasteiger partial charge on any atom is 0.355 e. The molecule has 0 spiro atoms. The van der Waals surface area contributed by atoms with Crippen molar-refractivity contribution in [2.75, 3.05) is 0 Å². The van der Waals surface area contributed by atoms with Crippen LogP contribution in [0.15, 0.2) is 6.07 Å². The minimum Gasteiger partial charge on any atom is -0.476 e. The molecule has 0 atom stereocenters. The van der Waals surface area contributed by atoms with Crippen molar-refractivity contribution >= 4 is 23.3 Å². The van der Waals surface area contributed by atoms with Crippen LogP contribution in [0.5, 0.6) is 0 Å². The van der Waals surface area contributed by atoms with E-state index in [0.717, 1.165) is 0 Å². The Morgan fingerprint density at radius 3 is 2.56 bits per heavy atom. The Hall–Kier alpha value is -1.83. The second kappa shape index (κ2) is 4.35. The van der Waals surface area contributed by atoms with Crippen molar-refractivity contribution in [2.45, 2.75) is 6.43 Å². The number of carboxylic acids is 1. The second-order valence-corrected chi connectivity index (χ2v) is 2.96. The Bertz CT molecular complexity index is 466. The molecular weight excluding hydrogens is 250 g/mol. The zero-order valence-corrected chi connectivity index (χ0v) is 8.11. The highest BCUT2D eigenvalue weighted by Crippen LogP contribution is 2.30. The lowest BCUT2D eigenvalue weighted by Crippen LogP contribution is -2.08. The molecule has 6 nitrogen and oxygen atoms in total. The van der Waals surface area contributed by atoms with E-state index in [1.54, 1.807) is 0 Å². The number of aromatic carboxylic acids is 1. The maximum absolute atomic E-state index is 12.4. The van der Waals surface area contributed by atoms with Gasteiger partial charge in [0.25, 0.3) is 6.43 Å². The zero-order valence-electron chi connectivity index (χ0n) is 7.35. The largest absolute Gasteiger partial charge is 0.476 e. The number of rotatable bonds is 3. The van der Waals surface area contributed by atoms with Crippen molar-refractivity contribution in [3.63, 3.8) is 0 Å². The molecule has 1 rings (SSSR count). The van der Waals surface area contributed by atoms with E-state index < -0.39 is 39.4 Å². The van der Waals surface area contributed by atoms with Crippen LogP contribution in [0, 0.1) is 10.1 Å². The molecule has 1 N–H and O–H groups in total. The van der Waals surface area contributed by atoms with Crippen LogP contribution in [0.1, 0.15) is 22.5 Å². The summed E-state index contributed by atoms with van der Waals surface area (Å²) in [5.41, 5.74) is -2.89. The molecule has 0 radical (unpaired) electrons. The number of carboxylic acid groups (broad SMARTS) is 1. The van der Waals surface area contributed by atoms with Crippen molar-refractivity contribution in [2.24, 2.45) is 0 Å². The van der Waals surface area contributed by atoms with Gasteiger partial charge in [-0.1, -0.05) is 11.6 Å². The van der Waals surface area contributed by atoms with Gasteiger partial charge in [0, 0.05) is 6.07 Å². The van der Waals surface area contributed by atoms with E-state index in [0.29, 0.717) is 6.07 Å². The number of nitro groups is 1. The standard InChI is InChI=1S/C7H3ClF2N2O4/c8-5-3(12(15)16)1-2(6(9)10)4(11-5)7(13)14/h1,6H,(H,13,14). The average Bonchev–Trinajstić information content (AvgIpc) is 2.15. The normalized spacial score (nSPS) is 10.5. The lowest BCUT2D eigenvalue weighted by molar-refractivity contribution is -0.385. The average molecular weight is 253 g/mol. The van der Waals surface area contributed by atoms with E-state index in [1.165, 1.54) is 0 Å². The molecule has 1 aromatic rings. The third kappa shape index (κ3) is 2.22. The molecule has 16 heavy (non-hydrogen) atoms. The summed E-state index contributed by atoms with van der Waals surface area (Å²) in [6.45, 7) is 0. The van der Waals surface area contributed by atoms with E-state index >= 15 is 0 Å². The van der Waals surface area contributed by atoms with Crippen molar-refractivity contribution < 1.29 is 23.6 Å². The van der Waals surface area contributed by atoms with Crippen LogP contribution in [0.25, 0.3) is 0 Å². The van der Waals surface area contributed by atoms with Gasteiger partial charge in [-0.2, -0.15) is 0 Å². The van der Waals surface area contributed by atoms with Gasteiger partial charge >= 0.3 is 11.7 Å². The van der Waals surface area contributed by atoms with E-state index in [-0.39, 0.29) is 0 Å². The topological polar surface area (TPSA) is 93.3 Å². The van der Waals surface area contributed by atoms with Gasteiger partial charge in [-0.25, -0.2) is 18.6 Å². The lowest BCUT2D eigenvalue weighted by Gasteiger charge is -2.04. The summed E-state index contributed by atoms with van der Waals surface area (Å²) >= 11 is 5.28. The van der Waals surface area contributed by atoms with Gasteiger partial charge in [0.05, 0.1) is 10.5 Å².